The fourth-order valence-electron chi connectivity index (χ4n) is 4.68. The van der Waals surface area contributed by atoms with E-state index in [-0.39, 0.29) is 18.0 Å². The minimum Gasteiger partial charge on any atom is -0.497 e. The summed E-state index contributed by atoms with van der Waals surface area (Å²) in [6.07, 6.45) is -0.711. The number of hydrogen-bond acceptors (Lipinski definition) is 7. The number of cyclic esters (lactones) is 2. The summed E-state index contributed by atoms with van der Waals surface area (Å²) < 4.78 is 15.6. The first-order chi connectivity index (χ1) is 21.6. The van der Waals surface area contributed by atoms with Gasteiger partial charge in [-0.15, -0.1) is 0 Å². The molecular formula is C36H34BClO7. The molecule has 2 N–H and O–H groups in total. The average Bonchev–Trinajstić information content (AvgIpc) is 3.51. The molecule has 0 spiro atoms. The molecule has 6 rings (SSSR count). The van der Waals surface area contributed by atoms with Crippen LogP contribution in [0.5, 0.6) is 5.75 Å². The van der Waals surface area contributed by atoms with Gasteiger partial charge in [0.1, 0.15) is 5.75 Å². The molecule has 4 aromatic rings. The molecule has 0 aromatic heterocycles. The molecule has 2 aliphatic heterocycles. The molecule has 230 valence electrons. The second-order valence-corrected chi connectivity index (χ2v) is 10.8. The molecule has 9 heteroatoms. The highest BCUT2D eigenvalue weighted by Crippen LogP contribution is 2.41. The van der Waals surface area contributed by atoms with Gasteiger partial charge in [-0.1, -0.05) is 114 Å². The summed E-state index contributed by atoms with van der Waals surface area (Å²) in [7, 11) is 0.158. The minimum atomic E-state index is -1.40. The SMILES string of the molecule is CC1=C(Cl)[C@H](c2ccccc2)OC1=O.CC1=C(c2ccc(C)cc2)[C@H](c2ccccc2)OC1=O.COc1ccc(B(O)O)cc1. The van der Waals surface area contributed by atoms with E-state index in [0.717, 1.165) is 22.3 Å². The number of halogens is 1. The highest BCUT2D eigenvalue weighted by Gasteiger charge is 2.33. The number of ether oxygens (including phenoxy) is 3. The Balaban J connectivity index is 0.000000162. The molecule has 45 heavy (non-hydrogen) atoms. The van der Waals surface area contributed by atoms with Crippen molar-refractivity contribution in [3.05, 3.63) is 148 Å². The first-order valence-corrected chi connectivity index (χ1v) is 14.6. The predicted molar refractivity (Wildman–Crippen MR) is 176 cm³/mol. The van der Waals surface area contributed by atoms with E-state index in [4.69, 9.17) is 35.9 Å². The van der Waals surface area contributed by atoms with Gasteiger partial charge in [0.15, 0.2) is 12.2 Å². The van der Waals surface area contributed by atoms with Crippen molar-refractivity contribution >= 4 is 41.7 Å². The molecule has 2 atom stereocenters. The minimum absolute atomic E-state index is 0.227. The van der Waals surface area contributed by atoms with E-state index in [2.05, 4.69) is 19.1 Å². The molecule has 2 heterocycles. The van der Waals surface area contributed by atoms with E-state index in [1.807, 2.05) is 79.7 Å². The van der Waals surface area contributed by atoms with Crippen LogP contribution in [0.25, 0.3) is 5.57 Å². The normalized spacial score (nSPS) is 17.0. The molecule has 0 saturated carbocycles. The van der Waals surface area contributed by atoms with Gasteiger partial charge in [0.25, 0.3) is 0 Å². The lowest BCUT2D eigenvalue weighted by Gasteiger charge is -2.15. The zero-order valence-corrected chi connectivity index (χ0v) is 26.2. The Hall–Kier alpha value is -4.63. The second-order valence-electron chi connectivity index (χ2n) is 10.4. The number of carbonyl (C=O) groups is 2. The quantitative estimate of drug-likeness (QED) is 0.200. The van der Waals surface area contributed by atoms with E-state index in [0.29, 0.717) is 27.4 Å². The summed E-state index contributed by atoms with van der Waals surface area (Å²) >= 11 is 5.99. The van der Waals surface area contributed by atoms with E-state index in [1.165, 1.54) is 5.56 Å². The monoisotopic (exact) mass is 624 g/mol. The zero-order valence-electron chi connectivity index (χ0n) is 25.4. The van der Waals surface area contributed by atoms with Gasteiger partial charge in [-0.05, 0) is 55.1 Å². The number of rotatable bonds is 5. The number of hydrogen-bond donors (Lipinski definition) is 2. The van der Waals surface area contributed by atoms with Gasteiger partial charge >= 0.3 is 19.1 Å². The van der Waals surface area contributed by atoms with Crippen LogP contribution in [0.2, 0.25) is 0 Å². The number of aryl methyl sites for hydroxylation is 1. The molecule has 0 saturated heterocycles. The maximum atomic E-state index is 11.9. The lowest BCUT2D eigenvalue weighted by molar-refractivity contribution is -0.140. The van der Waals surface area contributed by atoms with Gasteiger partial charge in [0, 0.05) is 11.1 Å². The van der Waals surface area contributed by atoms with E-state index in [9.17, 15) is 9.59 Å². The molecule has 4 aromatic carbocycles. The zero-order chi connectivity index (χ0) is 32.5. The lowest BCUT2D eigenvalue weighted by atomic mass is 9.80. The van der Waals surface area contributed by atoms with E-state index in [1.54, 1.807) is 38.3 Å². The summed E-state index contributed by atoms with van der Waals surface area (Å²) in [5, 5.41) is 17.9. The molecule has 0 amide bonds. The maximum Gasteiger partial charge on any atom is 0.488 e. The van der Waals surface area contributed by atoms with Crippen LogP contribution in [0.1, 0.15) is 48.3 Å². The molecule has 0 bridgehead atoms. The third-order valence-corrected chi connectivity index (χ3v) is 7.78. The van der Waals surface area contributed by atoms with Crippen molar-refractivity contribution < 1.29 is 33.8 Å². The van der Waals surface area contributed by atoms with Crippen LogP contribution in [0.3, 0.4) is 0 Å². The topological polar surface area (TPSA) is 102 Å². The van der Waals surface area contributed by atoms with Crippen LogP contribution in [0.15, 0.2) is 125 Å². The van der Waals surface area contributed by atoms with Crippen LogP contribution >= 0.6 is 11.6 Å². The number of esters is 2. The molecular weight excluding hydrogens is 591 g/mol. The van der Waals surface area contributed by atoms with Crippen LogP contribution in [-0.2, 0) is 19.1 Å². The van der Waals surface area contributed by atoms with Crippen molar-refractivity contribution in [2.24, 2.45) is 0 Å². The van der Waals surface area contributed by atoms with Crippen LogP contribution in [0.4, 0.5) is 0 Å². The average molecular weight is 625 g/mol. The summed E-state index contributed by atoms with van der Waals surface area (Å²) in [6, 6.07) is 34.1. The van der Waals surface area contributed by atoms with Gasteiger partial charge in [-0.25, -0.2) is 9.59 Å². The Morgan fingerprint density at radius 1 is 0.667 bits per heavy atom. The number of carbonyl (C=O) groups excluding carboxylic acids is 2. The van der Waals surface area contributed by atoms with E-state index >= 15 is 0 Å². The van der Waals surface area contributed by atoms with Crippen molar-refractivity contribution in [2.75, 3.05) is 7.11 Å². The fraction of sp³-hybridized carbons (Fsp3) is 0.167. The molecule has 0 unspecified atom stereocenters. The molecule has 0 aliphatic carbocycles. The van der Waals surface area contributed by atoms with Crippen molar-refractivity contribution in [1.29, 1.82) is 0 Å². The van der Waals surface area contributed by atoms with Crippen molar-refractivity contribution in [3.63, 3.8) is 0 Å². The Kier molecular flexibility index (Phi) is 11.4. The Morgan fingerprint density at radius 3 is 1.62 bits per heavy atom. The van der Waals surface area contributed by atoms with Crippen LogP contribution in [-0.4, -0.2) is 36.2 Å². The maximum absolute atomic E-state index is 11.9. The van der Waals surface area contributed by atoms with Crippen LogP contribution in [0, 0.1) is 6.92 Å². The third kappa shape index (κ3) is 8.31. The molecule has 0 radical (unpaired) electrons. The molecule has 2 aliphatic rings. The largest absolute Gasteiger partial charge is 0.497 e. The first kappa shape index (κ1) is 33.3. The Bertz CT molecular complexity index is 1670. The smallest absolute Gasteiger partial charge is 0.488 e. The number of benzene rings is 4. The Morgan fingerprint density at radius 2 is 1.16 bits per heavy atom. The Labute approximate surface area is 268 Å². The summed E-state index contributed by atoms with van der Waals surface area (Å²) in [6.45, 7) is 5.56. The van der Waals surface area contributed by atoms with E-state index < -0.39 is 13.2 Å². The van der Waals surface area contributed by atoms with Crippen molar-refractivity contribution in [3.8, 4) is 5.75 Å². The van der Waals surface area contributed by atoms with Gasteiger partial charge < -0.3 is 24.3 Å². The number of methoxy groups -OCH3 is 1. The third-order valence-electron chi connectivity index (χ3n) is 7.30. The van der Waals surface area contributed by atoms with Crippen molar-refractivity contribution in [2.45, 2.75) is 33.0 Å². The van der Waals surface area contributed by atoms with Gasteiger partial charge in [-0.3, -0.25) is 0 Å². The highest BCUT2D eigenvalue weighted by molar-refractivity contribution is 6.58. The van der Waals surface area contributed by atoms with Gasteiger partial charge in [0.2, 0.25) is 0 Å². The summed E-state index contributed by atoms with van der Waals surface area (Å²) in [5.74, 6) is 0.146. The predicted octanol–water partition coefficient (Wildman–Crippen LogP) is 6.24. The highest BCUT2D eigenvalue weighted by atomic mass is 35.5. The van der Waals surface area contributed by atoms with Gasteiger partial charge in [-0.2, -0.15) is 0 Å². The van der Waals surface area contributed by atoms with Crippen molar-refractivity contribution in [1.82, 2.24) is 0 Å². The molecule has 0 fully saturated rings. The second kappa shape index (κ2) is 15.4. The fourth-order valence-corrected chi connectivity index (χ4v) is 4.93. The van der Waals surface area contributed by atoms with Crippen LogP contribution < -0.4 is 10.2 Å². The standard InChI is InChI=1S/C18H16O2.C11H9ClO2.C7H9BO3/c1-12-8-10-14(11-9-12)16-13(2)18(19)20-17(16)15-6-4-3-5-7-15;1-7-9(12)10(14-11(7)13)8-5-3-2-4-6-8;1-11-7-4-2-6(3-5-7)8(9)10/h3-11,17H,1-2H3;2-6,10H,1H3;2-5,9-10H,1H3/t17-;10-;/m00./s1. The summed E-state index contributed by atoms with van der Waals surface area (Å²) in [5.41, 5.74) is 6.80. The lowest BCUT2D eigenvalue weighted by Crippen LogP contribution is -2.29. The summed E-state index contributed by atoms with van der Waals surface area (Å²) in [4.78, 5) is 23.1. The first-order valence-electron chi connectivity index (χ1n) is 14.3. The molecule has 7 nitrogen and oxygen atoms in total. The van der Waals surface area contributed by atoms with Gasteiger partial charge in [0.05, 0.1) is 17.7 Å².